The first-order valence-electron chi connectivity index (χ1n) is 6.29. The number of nitrogens with one attached hydrogen (secondary N) is 2. The van der Waals surface area contributed by atoms with Gasteiger partial charge in [0.05, 0.1) is 0 Å². The average molecular weight is 260 g/mol. The molecule has 0 aromatic rings. The van der Waals surface area contributed by atoms with Crippen LogP contribution in [0.15, 0.2) is 0 Å². The van der Waals surface area contributed by atoms with Gasteiger partial charge in [-0.15, -0.1) is 0 Å². The van der Waals surface area contributed by atoms with Gasteiger partial charge < -0.3 is 10.6 Å². The second-order valence-electron chi connectivity index (χ2n) is 4.56. The van der Waals surface area contributed by atoms with Crippen molar-refractivity contribution in [1.82, 2.24) is 10.6 Å². The average Bonchev–Trinajstić information content (AvgIpc) is 2.35. The summed E-state index contributed by atoms with van der Waals surface area (Å²) in [5, 5.41) is 7.42. The molecule has 0 saturated heterocycles. The summed E-state index contributed by atoms with van der Waals surface area (Å²) in [5.74, 6) is 0. The van der Waals surface area contributed by atoms with Gasteiger partial charge in [0.25, 0.3) is 0 Å². The van der Waals surface area contributed by atoms with Gasteiger partial charge in [-0.05, 0) is 37.7 Å². The molecule has 0 unspecified atom stereocenters. The molecule has 1 aliphatic carbocycles. The molecule has 4 heteroatoms. The van der Waals surface area contributed by atoms with Crippen molar-refractivity contribution in [2.45, 2.75) is 50.2 Å². The lowest BCUT2D eigenvalue weighted by Gasteiger charge is -2.36. The third-order valence-corrected chi connectivity index (χ3v) is 5.01. The molecule has 1 fully saturated rings. The lowest BCUT2D eigenvalue weighted by molar-refractivity contribution is 0.394. The predicted octanol–water partition coefficient (Wildman–Crippen LogP) is 2.93. The minimum atomic E-state index is 0.427. The van der Waals surface area contributed by atoms with Crippen LogP contribution < -0.4 is 10.6 Å². The summed E-state index contributed by atoms with van der Waals surface area (Å²) in [6.45, 7) is 4.14. The van der Waals surface area contributed by atoms with E-state index in [1.165, 1.54) is 32.1 Å². The summed E-state index contributed by atoms with van der Waals surface area (Å²) >= 11 is 7.26. The number of thioether (sulfide) groups is 1. The smallest absolute Gasteiger partial charge is 0.166 e. The molecule has 0 spiro atoms. The Morgan fingerprint density at radius 1 is 1.25 bits per heavy atom. The molecular formula is C12H24N2S2. The Labute approximate surface area is 109 Å². The zero-order valence-electron chi connectivity index (χ0n) is 10.5. The molecule has 0 heterocycles. The SMILES string of the molecule is CCCNC(=S)NCC1(SC)CCCCC1. The first-order valence-corrected chi connectivity index (χ1v) is 7.92. The normalized spacial score (nSPS) is 19.1. The van der Waals surface area contributed by atoms with Gasteiger partial charge in [-0.3, -0.25) is 0 Å². The van der Waals surface area contributed by atoms with Gasteiger partial charge in [-0.1, -0.05) is 26.2 Å². The summed E-state index contributed by atoms with van der Waals surface area (Å²) in [5.41, 5.74) is 0. The van der Waals surface area contributed by atoms with Crippen LogP contribution in [0.2, 0.25) is 0 Å². The third-order valence-electron chi connectivity index (χ3n) is 3.30. The quantitative estimate of drug-likeness (QED) is 0.742. The number of rotatable bonds is 5. The van der Waals surface area contributed by atoms with Crippen LogP contribution in [0.3, 0.4) is 0 Å². The highest BCUT2D eigenvalue weighted by atomic mass is 32.2. The van der Waals surface area contributed by atoms with E-state index in [9.17, 15) is 0 Å². The Morgan fingerprint density at radius 2 is 1.94 bits per heavy atom. The Morgan fingerprint density at radius 3 is 2.50 bits per heavy atom. The molecule has 94 valence electrons. The zero-order valence-corrected chi connectivity index (χ0v) is 12.1. The third kappa shape index (κ3) is 4.50. The molecule has 1 aliphatic rings. The van der Waals surface area contributed by atoms with E-state index in [4.69, 9.17) is 12.2 Å². The standard InChI is InChI=1S/C12H24N2S2/c1-3-9-13-11(15)14-10-12(16-2)7-5-4-6-8-12/h3-10H2,1-2H3,(H2,13,14,15). The zero-order chi connectivity index (χ0) is 11.9. The van der Waals surface area contributed by atoms with E-state index in [0.29, 0.717) is 4.75 Å². The molecule has 0 aromatic carbocycles. The molecule has 0 aliphatic heterocycles. The van der Waals surface area contributed by atoms with E-state index in [2.05, 4.69) is 23.8 Å². The van der Waals surface area contributed by atoms with Crippen molar-refractivity contribution in [2.24, 2.45) is 0 Å². The van der Waals surface area contributed by atoms with Gasteiger partial charge in [0, 0.05) is 17.8 Å². The maximum Gasteiger partial charge on any atom is 0.166 e. The molecule has 16 heavy (non-hydrogen) atoms. The molecule has 2 N–H and O–H groups in total. The first kappa shape index (κ1) is 14.1. The number of hydrogen-bond donors (Lipinski definition) is 2. The first-order chi connectivity index (χ1) is 7.72. The molecule has 0 atom stereocenters. The van der Waals surface area contributed by atoms with Gasteiger partial charge in [0.2, 0.25) is 0 Å². The van der Waals surface area contributed by atoms with E-state index in [1.807, 2.05) is 11.8 Å². The highest BCUT2D eigenvalue weighted by Gasteiger charge is 2.30. The fraction of sp³-hybridized carbons (Fsp3) is 0.917. The largest absolute Gasteiger partial charge is 0.363 e. The van der Waals surface area contributed by atoms with Gasteiger partial charge in [-0.25, -0.2) is 0 Å². The predicted molar refractivity (Wildman–Crippen MR) is 78.2 cm³/mol. The molecule has 1 rings (SSSR count). The molecule has 0 bridgehead atoms. The molecular weight excluding hydrogens is 236 g/mol. The van der Waals surface area contributed by atoms with Crippen LogP contribution in [0.5, 0.6) is 0 Å². The van der Waals surface area contributed by atoms with E-state index in [0.717, 1.165) is 24.6 Å². The topological polar surface area (TPSA) is 24.1 Å². The van der Waals surface area contributed by atoms with E-state index >= 15 is 0 Å². The monoisotopic (exact) mass is 260 g/mol. The molecule has 2 nitrogen and oxygen atoms in total. The minimum absolute atomic E-state index is 0.427. The van der Waals surface area contributed by atoms with Gasteiger partial charge in [0.1, 0.15) is 0 Å². The van der Waals surface area contributed by atoms with Crippen LogP contribution in [0, 0.1) is 0 Å². The van der Waals surface area contributed by atoms with Crippen molar-refractivity contribution < 1.29 is 0 Å². The summed E-state index contributed by atoms with van der Waals surface area (Å²) in [6, 6.07) is 0. The summed E-state index contributed by atoms with van der Waals surface area (Å²) in [4.78, 5) is 0. The van der Waals surface area contributed by atoms with Crippen molar-refractivity contribution in [2.75, 3.05) is 19.3 Å². The summed E-state index contributed by atoms with van der Waals surface area (Å²) in [6.07, 6.45) is 10.2. The second-order valence-corrected chi connectivity index (χ2v) is 6.24. The minimum Gasteiger partial charge on any atom is -0.363 e. The number of hydrogen-bond acceptors (Lipinski definition) is 2. The molecule has 1 saturated carbocycles. The van der Waals surface area contributed by atoms with E-state index < -0.39 is 0 Å². The van der Waals surface area contributed by atoms with Crippen molar-refractivity contribution in [1.29, 1.82) is 0 Å². The highest BCUT2D eigenvalue weighted by molar-refractivity contribution is 8.00. The van der Waals surface area contributed by atoms with Crippen molar-refractivity contribution in [3.63, 3.8) is 0 Å². The summed E-state index contributed by atoms with van der Waals surface area (Å²) in [7, 11) is 0. The maximum absolute atomic E-state index is 5.25. The van der Waals surface area contributed by atoms with Crippen LogP contribution in [-0.2, 0) is 0 Å². The highest BCUT2D eigenvalue weighted by Crippen LogP contribution is 2.37. The lowest BCUT2D eigenvalue weighted by Crippen LogP contribution is -2.45. The Bertz CT molecular complexity index is 213. The second kappa shape index (κ2) is 7.38. The van der Waals surface area contributed by atoms with Crippen LogP contribution in [0.1, 0.15) is 45.4 Å². The Balaban J connectivity index is 2.30. The molecule has 0 aromatic heterocycles. The summed E-state index contributed by atoms with van der Waals surface area (Å²) < 4.78 is 0.427. The fourth-order valence-electron chi connectivity index (χ4n) is 2.19. The number of thiocarbonyl (C=S) groups is 1. The van der Waals surface area contributed by atoms with Crippen LogP contribution >= 0.6 is 24.0 Å². The van der Waals surface area contributed by atoms with Crippen molar-refractivity contribution >= 4 is 29.1 Å². The Kier molecular flexibility index (Phi) is 6.51. The van der Waals surface area contributed by atoms with Crippen LogP contribution in [-0.4, -0.2) is 29.2 Å². The molecule has 0 radical (unpaired) electrons. The van der Waals surface area contributed by atoms with Crippen molar-refractivity contribution in [3.05, 3.63) is 0 Å². The fourth-order valence-corrected chi connectivity index (χ4v) is 3.28. The van der Waals surface area contributed by atoms with Crippen LogP contribution in [0.4, 0.5) is 0 Å². The van der Waals surface area contributed by atoms with E-state index in [-0.39, 0.29) is 0 Å². The lowest BCUT2D eigenvalue weighted by atomic mass is 9.88. The Hall–Kier alpha value is 0.0400. The van der Waals surface area contributed by atoms with Crippen LogP contribution in [0.25, 0.3) is 0 Å². The van der Waals surface area contributed by atoms with Gasteiger partial charge in [0.15, 0.2) is 5.11 Å². The molecule has 0 amide bonds. The van der Waals surface area contributed by atoms with Crippen molar-refractivity contribution in [3.8, 4) is 0 Å². The maximum atomic E-state index is 5.25. The van der Waals surface area contributed by atoms with E-state index in [1.54, 1.807) is 0 Å². The van der Waals surface area contributed by atoms with Gasteiger partial charge >= 0.3 is 0 Å². The van der Waals surface area contributed by atoms with Gasteiger partial charge in [-0.2, -0.15) is 11.8 Å².